The standard InChI is InChI=1S/C43H31NO2/c1-43(2)36-13-7-5-11-31(36)35-23-27(18-21-37(35)43)44(28-16-19-33-32-12-6-8-14-38(32)45-40(33)24-28)29-17-20-34-41(25-29)46-39-22-15-26-9-3-4-10-30(26)42(34)39/h3-16,18-19,21-25H,17,20H2,1-2H3. The molecule has 0 unspecified atom stereocenters. The lowest BCUT2D eigenvalue weighted by atomic mass is 9.82. The maximum Gasteiger partial charge on any atom is 0.137 e. The number of benzene rings is 6. The SMILES string of the molecule is CC1(C)c2ccccc2-c2cc(N(C3=Cc4oc5ccc6ccccc6c5c4CC3)c3ccc4c(c3)oc3ccccc34)ccc21. The van der Waals surface area contributed by atoms with Crippen molar-refractivity contribution in [3.63, 3.8) is 0 Å². The fourth-order valence-corrected chi connectivity index (χ4v) is 8.15. The second kappa shape index (κ2) is 9.24. The summed E-state index contributed by atoms with van der Waals surface area (Å²) in [5.41, 5.74) is 12.8. The van der Waals surface area contributed by atoms with E-state index in [9.17, 15) is 0 Å². The fraction of sp³-hybridized carbons (Fsp3) is 0.116. The molecule has 0 spiro atoms. The van der Waals surface area contributed by atoms with Crippen molar-refractivity contribution in [2.45, 2.75) is 32.1 Å². The average molecular weight is 594 g/mol. The van der Waals surface area contributed by atoms with Gasteiger partial charge in [-0.25, -0.2) is 0 Å². The molecular formula is C43H31NO2. The van der Waals surface area contributed by atoms with E-state index in [2.05, 4.69) is 134 Å². The van der Waals surface area contributed by atoms with Crippen molar-refractivity contribution in [1.82, 2.24) is 0 Å². The Morgan fingerprint density at radius 2 is 1.30 bits per heavy atom. The van der Waals surface area contributed by atoms with E-state index in [-0.39, 0.29) is 5.41 Å². The molecule has 0 N–H and O–H groups in total. The minimum atomic E-state index is -0.0431. The quantitative estimate of drug-likeness (QED) is 0.204. The molecule has 3 nitrogen and oxygen atoms in total. The first-order valence-electron chi connectivity index (χ1n) is 16.1. The third-order valence-corrected chi connectivity index (χ3v) is 10.4. The van der Waals surface area contributed by atoms with Crippen molar-refractivity contribution in [1.29, 1.82) is 0 Å². The molecule has 220 valence electrons. The molecule has 0 aliphatic heterocycles. The van der Waals surface area contributed by atoms with Crippen LogP contribution in [0.5, 0.6) is 0 Å². The molecule has 0 amide bonds. The van der Waals surface area contributed by atoms with E-state index in [1.54, 1.807) is 0 Å². The number of rotatable bonds is 3. The van der Waals surface area contributed by atoms with E-state index < -0.39 is 0 Å². The lowest BCUT2D eigenvalue weighted by Crippen LogP contribution is -2.19. The van der Waals surface area contributed by atoms with Crippen LogP contribution in [-0.2, 0) is 11.8 Å². The highest BCUT2D eigenvalue weighted by Crippen LogP contribution is 2.51. The van der Waals surface area contributed by atoms with E-state index in [1.807, 2.05) is 12.1 Å². The van der Waals surface area contributed by atoms with Crippen LogP contribution in [0.1, 0.15) is 42.7 Å². The number of hydrogen-bond acceptors (Lipinski definition) is 3. The van der Waals surface area contributed by atoms with Gasteiger partial charge < -0.3 is 13.7 Å². The summed E-state index contributed by atoms with van der Waals surface area (Å²) >= 11 is 0. The van der Waals surface area contributed by atoms with Crippen LogP contribution in [0.3, 0.4) is 0 Å². The van der Waals surface area contributed by atoms with Crippen LogP contribution < -0.4 is 4.90 Å². The van der Waals surface area contributed by atoms with E-state index in [0.717, 1.165) is 57.5 Å². The second-order valence-electron chi connectivity index (χ2n) is 13.3. The number of aryl methyl sites for hydroxylation is 1. The van der Waals surface area contributed by atoms with Gasteiger partial charge in [0.05, 0.1) is 0 Å². The Labute approximate surface area is 267 Å². The number of hydrogen-bond donors (Lipinski definition) is 0. The maximum atomic E-state index is 6.59. The third-order valence-electron chi connectivity index (χ3n) is 10.4. The maximum absolute atomic E-state index is 6.59. The fourth-order valence-electron chi connectivity index (χ4n) is 8.15. The topological polar surface area (TPSA) is 29.5 Å². The van der Waals surface area contributed by atoms with Gasteiger partial charge in [-0.15, -0.1) is 0 Å². The Morgan fingerprint density at radius 3 is 2.24 bits per heavy atom. The monoisotopic (exact) mass is 593 g/mol. The molecule has 2 aliphatic carbocycles. The van der Waals surface area contributed by atoms with Gasteiger partial charge in [0.2, 0.25) is 0 Å². The van der Waals surface area contributed by atoms with E-state index >= 15 is 0 Å². The molecular weight excluding hydrogens is 562 g/mol. The molecule has 0 fully saturated rings. The van der Waals surface area contributed by atoms with Gasteiger partial charge in [-0.2, -0.15) is 0 Å². The van der Waals surface area contributed by atoms with Crippen LogP contribution in [0.25, 0.3) is 60.9 Å². The van der Waals surface area contributed by atoms with Crippen molar-refractivity contribution in [3.05, 3.63) is 149 Å². The summed E-state index contributed by atoms with van der Waals surface area (Å²) in [6.45, 7) is 4.67. The second-order valence-corrected chi connectivity index (χ2v) is 13.3. The molecule has 10 rings (SSSR count). The first-order valence-corrected chi connectivity index (χ1v) is 16.1. The van der Waals surface area contributed by atoms with Crippen molar-refractivity contribution in [2.75, 3.05) is 4.90 Å². The molecule has 0 bridgehead atoms. The largest absolute Gasteiger partial charge is 0.456 e. The van der Waals surface area contributed by atoms with Crippen LogP contribution in [0, 0.1) is 0 Å². The first kappa shape index (κ1) is 25.8. The zero-order chi connectivity index (χ0) is 30.6. The number of para-hydroxylation sites is 1. The van der Waals surface area contributed by atoms with Gasteiger partial charge in [0, 0.05) is 56.4 Å². The summed E-state index contributed by atoms with van der Waals surface area (Å²) in [6.07, 6.45) is 4.07. The Hall–Kier alpha value is -5.54. The molecule has 2 aliphatic rings. The van der Waals surface area contributed by atoms with E-state index in [4.69, 9.17) is 8.83 Å². The smallest absolute Gasteiger partial charge is 0.137 e. The first-order chi connectivity index (χ1) is 22.5. The minimum absolute atomic E-state index is 0.0431. The van der Waals surface area contributed by atoms with Crippen molar-refractivity contribution < 1.29 is 8.83 Å². The lowest BCUT2D eigenvalue weighted by Gasteiger charge is -2.30. The zero-order valence-electron chi connectivity index (χ0n) is 25.8. The molecule has 2 aromatic heterocycles. The van der Waals surface area contributed by atoms with Gasteiger partial charge in [-0.05, 0) is 82.3 Å². The number of nitrogens with zero attached hydrogens (tertiary/aromatic N) is 1. The molecule has 46 heavy (non-hydrogen) atoms. The molecule has 0 radical (unpaired) electrons. The van der Waals surface area contributed by atoms with Crippen LogP contribution in [0.15, 0.2) is 136 Å². The van der Waals surface area contributed by atoms with Crippen molar-refractivity contribution in [2.24, 2.45) is 0 Å². The Balaban J connectivity index is 1.19. The minimum Gasteiger partial charge on any atom is -0.456 e. The summed E-state index contributed by atoms with van der Waals surface area (Å²) in [5.74, 6) is 0.954. The Morgan fingerprint density at radius 1 is 0.565 bits per heavy atom. The average Bonchev–Trinajstić information content (AvgIpc) is 3.72. The molecule has 3 heteroatoms. The van der Waals surface area contributed by atoms with Gasteiger partial charge in [0.25, 0.3) is 0 Å². The third kappa shape index (κ3) is 3.54. The zero-order valence-corrected chi connectivity index (χ0v) is 25.8. The Kier molecular flexibility index (Phi) is 5.18. The molecule has 0 saturated carbocycles. The summed E-state index contributed by atoms with van der Waals surface area (Å²) in [7, 11) is 0. The van der Waals surface area contributed by atoms with Crippen LogP contribution >= 0.6 is 0 Å². The highest BCUT2D eigenvalue weighted by molar-refractivity contribution is 6.09. The summed E-state index contributed by atoms with van der Waals surface area (Å²) in [4.78, 5) is 2.41. The van der Waals surface area contributed by atoms with Crippen LogP contribution in [0.2, 0.25) is 0 Å². The highest BCUT2D eigenvalue weighted by atomic mass is 16.3. The number of allylic oxidation sites excluding steroid dienone is 1. The predicted molar refractivity (Wildman–Crippen MR) is 190 cm³/mol. The van der Waals surface area contributed by atoms with Gasteiger partial charge in [0.15, 0.2) is 0 Å². The van der Waals surface area contributed by atoms with Gasteiger partial charge in [0.1, 0.15) is 22.5 Å². The predicted octanol–water partition coefficient (Wildman–Crippen LogP) is 11.9. The van der Waals surface area contributed by atoms with E-state index in [0.29, 0.717) is 0 Å². The van der Waals surface area contributed by atoms with Gasteiger partial charge >= 0.3 is 0 Å². The molecule has 0 saturated heterocycles. The molecule has 0 atom stereocenters. The van der Waals surface area contributed by atoms with Crippen LogP contribution in [-0.4, -0.2) is 0 Å². The Bertz CT molecular complexity index is 2580. The number of fused-ring (bicyclic) bond motifs is 11. The molecule has 2 heterocycles. The number of furan rings is 2. The molecule has 8 aromatic rings. The van der Waals surface area contributed by atoms with Crippen LogP contribution in [0.4, 0.5) is 11.4 Å². The summed E-state index contributed by atoms with van der Waals surface area (Å²) in [5, 5.41) is 6.02. The molecule has 6 aromatic carbocycles. The summed E-state index contributed by atoms with van der Waals surface area (Å²) < 4.78 is 13.0. The van der Waals surface area contributed by atoms with Gasteiger partial charge in [-0.3, -0.25) is 0 Å². The summed E-state index contributed by atoms with van der Waals surface area (Å²) in [6, 6.07) is 43.7. The lowest BCUT2D eigenvalue weighted by molar-refractivity contribution is 0.593. The normalized spacial score (nSPS) is 14.9. The van der Waals surface area contributed by atoms with E-state index in [1.165, 1.54) is 49.7 Å². The van der Waals surface area contributed by atoms with Gasteiger partial charge in [-0.1, -0.05) is 92.7 Å². The highest BCUT2D eigenvalue weighted by Gasteiger charge is 2.36. The van der Waals surface area contributed by atoms with Crippen molar-refractivity contribution >= 4 is 61.1 Å². The van der Waals surface area contributed by atoms with Crippen molar-refractivity contribution in [3.8, 4) is 11.1 Å². The number of anilines is 2.